The first kappa shape index (κ1) is 22.5. The summed E-state index contributed by atoms with van der Waals surface area (Å²) in [4.78, 5) is 40.3. The largest absolute Gasteiger partial charge is 0.465 e. The quantitative estimate of drug-likeness (QED) is 0.573. The minimum atomic E-state index is -0.690. The van der Waals surface area contributed by atoms with E-state index in [2.05, 4.69) is 5.32 Å². The first-order valence-corrected chi connectivity index (χ1v) is 11.2. The summed E-state index contributed by atoms with van der Waals surface area (Å²) in [6.07, 6.45) is 0. The lowest BCUT2D eigenvalue weighted by Gasteiger charge is -2.26. The second-order valence-electron chi connectivity index (χ2n) is 8.59. The highest BCUT2D eigenvalue weighted by Gasteiger charge is 2.32. The summed E-state index contributed by atoms with van der Waals surface area (Å²) in [5, 5.41) is 2.86. The number of anilines is 1. The van der Waals surface area contributed by atoms with Crippen molar-refractivity contribution in [3.05, 3.63) is 76.9 Å². The number of benzene rings is 3. The third-order valence-electron chi connectivity index (χ3n) is 6.30. The van der Waals surface area contributed by atoms with Crippen molar-refractivity contribution in [2.24, 2.45) is 0 Å². The van der Waals surface area contributed by atoms with E-state index in [0.29, 0.717) is 33.9 Å². The van der Waals surface area contributed by atoms with Gasteiger partial charge >= 0.3 is 5.97 Å². The number of hydrogen-bond acceptors (Lipinski definition) is 6. The molecule has 35 heavy (non-hydrogen) atoms. The smallest absolute Gasteiger partial charge is 0.338 e. The van der Waals surface area contributed by atoms with Crippen LogP contribution in [0.15, 0.2) is 54.6 Å². The zero-order valence-corrected chi connectivity index (χ0v) is 19.6. The molecule has 0 aromatic heterocycles. The maximum atomic E-state index is 13.4. The number of rotatable bonds is 4. The fourth-order valence-corrected chi connectivity index (χ4v) is 4.34. The molecule has 2 aliphatic rings. The van der Waals surface area contributed by atoms with Gasteiger partial charge in [-0.05, 0) is 72.5 Å². The van der Waals surface area contributed by atoms with E-state index in [4.69, 9.17) is 14.2 Å². The molecule has 0 fully saturated rings. The maximum absolute atomic E-state index is 13.4. The molecule has 2 amide bonds. The number of carbonyl (C=O) groups is 3. The molecule has 5 rings (SSSR count). The molecule has 0 saturated heterocycles. The first-order chi connectivity index (χ1) is 16.9. The molecular weight excluding hydrogens is 448 g/mol. The molecule has 0 aliphatic carbocycles. The molecule has 1 N–H and O–H groups in total. The molecule has 1 atom stereocenters. The number of methoxy groups -OCH3 is 1. The van der Waals surface area contributed by atoms with Gasteiger partial charge in [-0.3, -0.25) is 9.59 Å². The zero-order valence-electron chi connectivity index (χ0n) is 19.6. The Balaban J connectivity index is 1.54. The van der Waals surface area contributed by atoms with Crippen LogP contribution >= 0.6 is 0 Å². The van der Waals surface area contributed by atoms with Crippen molar-refractivity contribution in [3.63, 3.8) is 0 Å². The third-order valence-corrected chi connectivity index (χ3v) is 6.30. The normalized spacial score (nSPS) is 16.4. The summed E-state index contributed by atoms with van der Waals surface area (Å²) < 4.78 is 15.9. The topological polar surface area (TPSA) is 94.2 Å². The fraction of sp³-hybridized carbons (Fsp3) is 0.222. The van der Waals surface area contributed by atoms with Gasteiger partial charge in [-0.1, -0.05) is 18.2 Å². The number of esters is 1. The van der Waals surface area contributed by atoms with Crippen molar-refractivity contribution < 1.29 is 28.6 Å². The molecule has 0 spiro atoms. The van der Waals surface area contributed by atoms with Gasteiger partial charge in [0.05, 0.1) is 23.9 Å². The van der Waals surface area contributed by atoms with Crippen LogP contribution in [0, 0.1) is 6.92 Å². The van der Waals surface area contributed by atoms with Gasteiger partial charge in [-0.2, -0.15) is 0 Å². The van der Waals surface area contributed by atoms with Gasteiger partial charge < -0.3 is 24.4 Å². The molecule has 0 saturated carbocycles. The van der Waals surface area contributed by atoms with Gasteiger partial charge in [0, 0.05) is 6.54 Å². The summed E-state index contributed by atoms with van der Waals surface area (Å²) in [5.41, 5.74) is 4.41. The summed E-state index contributed by atoms with van der Waals surface area (Å²) >= 11 is 0. The van der Waals surface area contributed by atoms with Crippen molar-refractivity contribution >= 4 is 23.5 Å². The number of fused-ring (bicyclic) bond motifs is 2. The number of nitrogens with zero attached hydrogens (tertiary/aromatic N) is 1. The van der Waals surface area contributed by atoms with Crippen LogP contribution in [0.3, 0.4) is 0 Å². The lowest BCUT2D eigenvalue weighted by atomic mass is 9.96. The Morgan fingerprint density at radius 1 is 1.03 bits per heavy atom. The molecule has 0 radical (unpaired) electrons. The van der Waals surface area contributed by atoms with Crippen molar-refractivity contribution in [1.29, 1.82) is 0 Å². The second kappa shape index (κ2) is 8.79. The van der Waals surface area contributed by atoms with E-state index >= 15 is 0 Å². The van der Waals surface area contributed by atoms with Crippen LogP contribution in [0.25, 0.3) is 11.1 Å². The highest BCUT2D eigenvalue weighted by atomic mass is 16.7. The molecule has 0 bridgehead atoms. The standard InChI is InChI=1S/C27H24N2O6/c1-15-4-7-20-22(10-15)28-25(30)16(2)29(26(20)31)13-17-5-8-19(27(32)33-3)21(11-17)18-6-9-23-24(12-18)35-14-34-23/h4-12,16H,13-14H2,1-3H3,(H,28,30)/t16-/m1/s1. The highest BCUT2D eigenvalue weighted by Crippen LogP contribution is 2.37. The number of carbonyl (C=O) groups excluding carboxylic acids is 3. The first-order valence-electron chi connectivity index (χ1n) is 11.2. The van der Waals surface area contributed by atoms with E-state index in [9.17, 15) is 14.4 Å². The number of aryl methyl sites for hydroxylation is 1. The fourth-order valence-electron chi connectivity index (χ4n) is 4.34. The predicted octanol–water partition coefficient (Wildman–Crippen LogP) is 4.16. The van der Waals surface area contributed by atoms with Crippen LogP contribution in [-0.4, -0.2) is 42.6 Å². The Hall–Kier alpha value is -4.33. The zero-order chi connectivity index (χ0) is 24.7. The SMILES string of the molecule is COC(=O)c1ccc(CN2C(=O)c3ccc(C)cc3NC(=O)[C@H]2C)cc1-c1ccc2c(c1)OCO2. The Bertz CT molecular complexity index is 1370. The van der Waals surface area contributed by atoms with Gasteiger partial charge in [0.1, 0.15) is 6.04 Å². The van der Waals surface area contributed by atoms with Crippen molar-refractivity contribution in [2.75, 3.05) is 19.2 Å². The summed E-state index contributed by atoms with van der Waals surface area (Å²) in [6.45, 7) is 3.93. The molecule has 8 heteroatoms. The van der Waals surface area contributed by atoms with Gasteiger partial charge in [0.25, 0.3) is 5.91 Å². The van der Waals surface area contributed by atoms with E-state index in [1.165, 1.54) is 12.0 Å². The lowest BCUT2D eigenvalue weighted by Crippen LogP contribution is -2.42. The van der Waals surface area contributed by atoms with E-state index in [1.807, 2.05) is 25.1 Å². The predicted molar refractivity (Wildman–Crippen MR) is 128 cm³/mol. The minimum absolute atomic E-state index is 0.140. The summed E-state index contributed by atoms with van der Waals surface area (Å²) in [5.74, 6) is 0.238. The molecule has 2 aliphatic heterocycles. The molecule has 8 nitrogen and oxygen atoms in total. The number of nitrogens with one attached hydrogen (secondary N) is 1. The molecular formula is C27H24N2O6. The van der Waals surface area contributed by atoms with E-state index in [0.717, 1.165) is 16.7 Å². The Morgan fingerprint density at radius 3 is 2.63 bits per heavy atom. The maximum Gasteiger partial charge on any atom is 0.338 e. The molecule has 0 unspecified atom stereocenters. The van der Waals surface area contributed by atoms with Gasteiger partial charge in [0.15, 0.2) is 11.5 Å². The average Bonchev–Trinajstić information content (AvgIpc) is 3.31. The van der Waals surface area contributed by atoms with E-state index < -0.39 is 12.0 Å². The highest BCUT2D eigenvalue weighted by molar-refractivity contribution is 6.09. The molecule has 3 aromatic carbocycles. The average molecular weight is 472 g/mol. The van der Waals surface area contributed by atoms with Crippen LogP contribution in [-0.2, 0) is 16.1 Å². The Kier molecular flexibility index (Phi) is 5.64. The Labute approximate surface area is 202 Å². The summed E-state index contributed by atoms with van der Waals surface area (Å²) in [6, 6.07) is 15.4. The Morgan fingerprint density at radius 2 is 1.83 bits per heavy atom. The van der Waals surface area contributed by atoms with Crippen LogP contribution < -0.4 is 14.8 Å². The summed E-state index contributed by atoms with van der Waals surface area (Å²) in [7, 11) is 1.33. The van der Waals surface area contributed by atoms with Crippen LogP contribution in [0.5, 0.6) is 11.5 Å². The molecule has 2 heterocycles. The van der Waals surface area contributed by atoms with Gasteiger partial charge in [0.2, 0.25) is 12.7 Å². The number of ether oxygens (including phenoxy) is 3. The number of hydrogen-bond donors (Lipinski definition) is 1. The molecule has 3 aromatic rings. The lowest BCUT2D eigenvalue weighted by molar-refractivity contribution is -0.120. The van der Waals surface area contributed by atoms with Crippen LogP contribution in [0.4, 0.5) is 5.69 Å². The second-order valence-corrected chi connectivity index (χ2v) is 8.59. The van der Waals surface area contributed by atoms with Gasteiger partial charge in [-0.15, -0.1) is 0 Å². The van der Waals surface area contributed by atoms with Crippen LogP contribution in [0.1, 0.15) is 38.8 Å². The molecule has 178 valence electrons. The van der Waals surface area contributed by atoms with Crippen molar-refractivity contribution in [3.8, 4) is 22.6 Å². The van der Waals surface area contributed by atoms with E-state index in [1.54, 1.807) is 43.3 Å². The minimum Gasteiger partial charge on any atom is -0.465 e. The van der Waals surface area contributed by atoms with E-state index in [-0.39, 0.29) is 25.2 Å². The van der Waals surface area contributed by atoms with Crippen LogP contribution in [0.2, 0.25) is 0 Å². The number of amides is 2. The monoisotopic (exact) mass is 472 g/mol. The van der Waals surface area contributed by atoms with Crippen molar-refractivity contribution in [2.45, 2.75) is 26.4 Å². The third kappa shape index (κ3) is 4.07. The van der Waals surface area contributed by atoms with Gasteiger partial charge in [-0.25, -0.2) is 4.79 Å². The van der Waals surface area contributed by atoms with Crippen molar-refractivity contribution in [1.82, 2.24) is 4.90 Å².